The lowest BCUT2D eigenvalue weighted by Gasteiger charge is -2.22. The van der Waals surface area contributed by atoms with Crippen LogP contribution in [0, 0.1) is 6.92 Å². The van der Waals surface area contributed by atoms with E-state index in [1.165, 1.54) is 5.56 Å². The fourth-order valence-electron chi connectivity index (χ4n) is 2.65. The van der Waals surface area contributed by atoms with Gasteiger partial charge >= 0.3 is 0 Å². The molecule has 112 valence electrons. The van der Waals surface area contributed by atoms with Gasteiger partial charge in [-0.25, -0.2) is 0 Å². The summed E-state index contributed by atoms with van der Waals surface area (Å²) < 4.78 is 16.2. The number of hydrogen-bond acceptors (Lipinski definition) is 6. The highest BCUT2D eigenvalue weighted by molar-refractivity contribution is 5.36. The molecule has 1 unspecified atom stereocenters. The van der Waals surface area contributed by atoms with E-state index in [4.69, 9.17) is 13.8 Å². The number of rotatable bonds is 3. The number of benzene rings is 1. The van der Waals surface area contributed by atoms with E-state index in [1.54, 1.807) is 0 Å². The number of hydrogen-bond donors (Lipinski definition) is 0. The van der Waals surface area contributed by atoms with Crippen LogP contribution in [0.4, 0.5) is 0 Å². The summed E-state index contributed by atoms with van der Waals surface area (Å²) in [6.07, 6.45) is 1.35. The van der Waals surface area contributed by atoms with Gasteiger partial charge in [0.05, 0.1) is 18.0 Å². The number of aryl methyl sites for hydroxylation is 1. The van der Waals surface area contributed by atoms with Gasteiger partial charge in [-0.1, -0.05) is 28.5 Å². The Morgan fingerprint density at radius 2 is 2.09 bits per heavy atom. The SMILES string of the molecule is Cc1cc(Cc2noc(C3COc4ccccc4C3)n2)no1. The molecule has 3 heterocycles. The minimum Gasteiger partial charge on any atom is -0.492 e. The Morgan fingerprint density at radius 1 is 1.18 bits per heavy atom. The fraction of sp³-hybridized carbons (Fsp3) is 0.312. The summed E-state index contributed by atoms with van der Waals surface area (Å²) in [5.41, 5.74) is 1.97. The maximum atomic E-state index is 5.77. The van der Waals surface area contributed by atoms with Gasteiger partial charge in [0.15, 0.2) is 5.82 Å². The third-order valence-corrected chi connectivity index (χ3v) is 3.73. The third-order valence-electron chi connectivity index (χ3n) is 3.73. The molecular weight excluding hydrogens is 282 g/mol. The van der Waals surface area contributed by atoms with Crippen LogP contribution in [0.15, 0.2) is 39.4 Å². The second-order valence-electron chi connectivity index (χ2n) is 5.47. The van der Waals surface area contributed by atoms with Crippen molar-refractivity contribution in [3.63, 3.8) is 0 Å². The van der Waals surface area contributed by atoms with E-state index in [-0.39, 0.29) is 5.92 Å². The molecule has 0 spiro atoms. The Morgan fingerprint density at radius 3 is 2.95 bits per heavy atom. The van der Waals surface area contributed by atoms with Crippen molar-refractivity contribution in [2.45, 2.75) is 25.7 Å². The predicted molar refractivity (Wildman–Crippen MR) is 76.7 cm³/mol. The largest absolute Gasteiger partial charge is 0.492 e. The highest BCUT2D eigenvalue weighted by Gasteiger charge is 2.26. The first kappa shape index (κ1) is 13.1. The molecule has 22 heavy (non-hydrogen) atoms. The molecule has 3 aromatic rings. The smallest absolute Gasteiger partial charge is 0.233 e. The van der Waals surface area contributed by atoms with Gasteiger partial charge in [0, 0.05) is 6.07 Å². The molecule has 1 aliphatic heterocycles. The van der Waals surface area contributed by atoms with Crippen LogP contribution in [0.2, 0.25) is 0 Å². The van der Waals surface area contributed by atoms with E-state index in [2.05, 4.69) is 21.4 Å². The normalized spacial score (nSPS) is 17.0. The van der Waals surface area contributed by atoms with Crippen LogP contribution in [0.3, 0.4) is 0 Å². The maximum absolute atomic E-state index is 5.77. The lowest BCUT2D eigenvalue weighted by molar-refractivity contribution is 0.230. The monoisotopic (exact) mass is 297 g/mol. The predicted octanol–water partition coefficient (Wildman–Crippen LogP) is 2.68. The first-order chi connectivity index (χ1) is 10.8. The van der Waals surface area contributed by atoms with E-state index >= 15 is 0 Å². The van der Waals surface area contributed by atoms with E-state index in [1.807, 2.05) is 31.2 Å². The molecule has 6 heteroatoms. The minimum atomic E-state index is 0.0928. The Balaban J connectivity index is 1.50. The summed E-state index contributed by atoms with van der Waals surface area (Å²) >= 11 is 0. The Hall–Kier alpha value is -2.63. The van der Waals surface area contributed by atoms with E-state index in [0.717, 1.165) is 23.6 Å². The number of para-hydroxylation sites is 1. The van der Waals surface area contributed by atoms with Crippen molar-refractivity contribution in [1.82, 2.24) is 15.3 Å². The molecule has 1 aromatic carbocycles. The average molecular weight is 297 g/mol. The van der Waals surface area contributed by atoms with E-state index < -0.39 is 0 Å². The van der Waals surface area contributed by atoms with Gasteiger partial charge in [-0.3, -0.25) is 0 Å². The summed E-state index contributed by atoms with van der Waals surface area (Å²) in [6, 6.07) is 9.91. The summed E-state index contributed by atoms with van der Waals surface area (Å²) in [5.74, 6) is 3.04. The number of ether oxygens (including phenoxy) is 1. The second-order valence-corrected chi connectivity index (χ2v) is 5.47. The van der Waals surface area contributed by atoms with Crippen molar-refractivity contribution in [3.05, 3.63) is 59.1 Å². The number of nitrogens with zero attached hydrogens (tertiary/aromatic N) is 3. The van der Waals surface area contributed by atoms with Gasteiger partial charge in [0.1, 0.15) is 18.1 Å². The molecule has 1 atom stereocenters. The van der Waals surface area contributed by atoms with Crippen molar-refractivity contribution in [2.75, 3.05) is 6.61 Å². The van der Waals surface area contributed by atoms with Crippen molar-refractivity contribution >= 4 is 0 Å². The Kier molecular flexibility index (Phi) is 3.14. The van der Waals surface area contributed by atoms with Crippen molar-refractivity contribution in [1.29, 1.82) is 0 Å². The van der Waals surface area contributed by atoms with Crippen LogP contribution in [0.25, 0.3) is 0 Å². The molecule has 0 saturated carbocycles. The van der Waals surface area contributed by atoms with Crippen LogP contribution in [0.1, 0.15) is 34.7 Å². The summed E-state index contributed by atoms with van der Waals surface area (Å²) in [4.78, 5) is 4.47. The third kappa shape index (κ3) is 2.47. The highest BCUT2D eigenvalue weighted by atomic mass is 16.5. The summed E-state index contributed by atoms with van der Waals surface area (Å²) in [7, 11) is 0. The Bertz CT molecular complexity index is 793. The quantitative estimate of drug-likeness (QED) is 0.740. The van der Waals surface area contributed by atoms with Crippen molar-refractivity contribution in [2.24, 2.45) is 0 Å². The molecule has 6 nitrogen and oxygen atoms in total. The molecule has 0 aliphatic carbocycles. The first-order valence-electron chi connectivity index (χ1n) is 7.23. The lowest BCUT2D eigenvalue weighted by atomic mass is 9.97. The zero-order valence-electron chi connectivity index (χ0n) is 12.2. The van der Waals surface area contributed by atoms with Gasteiger partial charge in [-0.2, -0.15) is 4.98 Å². The van der Waals surface area contributed by atoms with Gasteiger partial charge in [0.2, 0.25) is 5.89 Å². The van der Waals surface area contributed by atoms with Crippen LogP contribution in [-0.2, 0) is 12.8 Å². The molecule has 0 fully saturated rings. The zero-order valence-corrected chi connectivity index (χ0v) is 12.2. The first-order valence-corrected chi connectivity index (χ1v) is 7.23. The minimum absolute atomic E-state index is 0.0928. The molecule has 0 radical (unpaired) electrons. The van der Waals surface area contributed by atoms with Crippen LogP contribution < -0.4 is 4.74 Å². The van der Waals surface area contributed by atoms with Gasteiger partial charge in [-0.05, 0) is 25.0 Å². The molecule has 0 saturated heterocycles. The standard InChI is InChI=1S/C16H15N3O3/c1-10-6-13(18-21-10)8-15-17-16(22-19-15)12-7-11-4-2-3-5-14(11)20-9-12/h2-6,12H,7-9H2,1H3. The highest BCUT2D eigenvalue weighted by Crippen LogP contribution is 2.31. The second kappa shape index (κ2) is 5.29. The van der Waals surface area contributed by atoms with Crippen LogP contribution in [-0.4, -0.2) is 21.9 Å². The lowest BCUT2D eigenvalue weighted by Crippen LogP contribution is -2.19. The van der Waals surface area contributed by atoms with Gasteiger partial charge in [-0.15, -0.1) is 0 Å². The molecule has 4 rings (SSSR count). The topological polar surface area (TPSA) is 74.2 Å². The van der Waals surface area contributed by atoms with Crippen LogP contribution in [0.5, 0.6) is 5.75 Å². The zero-order chi connectivity index (χ0) is 14.9. The van der Waals surface area contributed by atoms with Gasteiger partial charge in [0.25, 0.3) is 0 Å². The van der Waals surface area contributed by atoms with Crippen molar-refractivity contribution in [3.8, 4) is 5.75 Å². The average Bonchev–Trinajstić information content (AvgIpc) is 3.16. The van der Waals surface area contributed by atoms with Crippen molar-refractivity contribution < 1.29 is 13.8 Å². The maximum Gasteiger partial charge on any atom is 0.233 e. The molecule has 2 aromatic heterocycles. The fourth-order valence-corrected chi connectivity index (χ4v) is 2.65. The van der Waals surface area contributed by atoms with Gasteiger partial charge < -0.3 is 13.8 Å². The molecule has 0 bridgehead atoms. The van der Waals surface area contributed by atoms with E-state index in [0.29, 0.717) is 24.7 Å². The number of fused-ring (bicyclic) bond motifs is 1. The molecule has 1 aliphatic rings. The molecule has 0 N–H and O–H groups in total. The van der Waals surface area contributed by atoms with Crippen LogP contribution >= 0.6 is 0 Å². The Labute approximate surface area is 127 Å². The summed E-state index contributed by atoms with van der Waals surface area (Å²) in [6.45, 7) is 2.41. The summed E-state index contributed by atoms with van der Waals surface area (Å²) in [5, 5.41) is 7.97. The molecular formula is C16H15N3O3. The number of aromatic nitrogens is 3. The molecule has 0 amide bonds. The van der Waals surface area contributed by atoms with E-state index in [9.17, 15) is 0 Å².